The highest BCUT2D eigenvalue weighted by Gasteiger charge is 2.13. The molecule has 0 aromatic carbocycles. The monoisotopic (exact) mass is 324 g/mol. The molecule has 1 N–H and O–H groups in total. The van der Waals surface area contributed by atoms with E-state index in [1.165, 1.54) is 0 Å². The molecule has 0 radical (unpaired) electrons. The molecule has 0 unspecified atom stereocenters. The molecule has 1 atom stereocenters. The van der Waals surface area contributed by atoms with Gasteiger partial charge in [-0.2, -0.15) is 5.10 Å². The van der Waals surface area contributed by atoms with Crippen molar-refractivity contribution in [3.8, 4) is 5.82 Å². The fraction of sp³-hybridized carbons (Fsp3) is 0.294. The summed E-state index contributed by atoms with van der Waals surface area (Å²) in [6.07, 6.45) is 6.73. The van der Waals surface area contributed by atoms with Crippen molar-refractivity contribution in [3.63, 3.8) is 0 Å². The van der Waals surface area contributed by atoms with Gasteiger partial charge in [0.1, 0.15) is 12.1 Å². The molecule has 0 saturated heterocycles. The standard InChI is InChI=1S/C17H20N6O/c1-12-8-14(3)23(21-12)10-13(2)20-17(24)15-4-5-19-16(9-15)22-7-6-18-11-22/h4-9,11,13H,10H2,1-3H3,(H,20,24)/t13-/m0/s1. The van der Waals surface area contributed by atoms with E-state index in [-0.39, 0.29) is 11.9 Å². The smallest absolute Gasteiger partial charge is 0.251 e. The Hall–Kier alpha value is -2.96. The van der Waals surface area contributed by atoms with Crippen LogP contribution in [-0.2, 0) is 6.54 Å². The SMILES string of the molecule is Cc1cc(C)n(C[C@H](C)NC(=O)c2ccnc(-n3ccnc3)c2)n1. The Morgan fingerprint density at radius 3 is 2.79 bits per heavy atom. The number of hydrogen-bond donors (Lipinski definition) is 1. The molecule has 0 saturated carbocycles. The van der Waals surface area contributed by atoms with Crippen LogP contribution in [0.3, 0.4) is 0 Å². The minimum absolute atomic E-state index is 0.0413. The molecule has 0 aliphatic carbocycles. The molecule has 24 heavy (non-hydrogen) atoms. The molecular formula is C17H20N6O. The van der Waals surface area contributed by atoms with Crippen molar-refractivity contribution in [3.05, 3.63) is 60.1 Å². The first-order valence-corrected chi connectivity index (χ1v) is 7.79. The fourth-order valence-electron chi connectivity index (χ4n) is 2.57. The van der Waals surface area contributed by atoms with Gasteiger partial charge in [0, 0.05) is 35.9 Å². The lowest BCUT2D eigenvalue weighted by molar-refractivity contribution is 0.0935. The van der Waals surface area contributed by atoms with Crippen LogP contribution in [0, 0.1) is 13.8 Å². The Morgan fingerprint density at radius 1 is 1.29 bits per heavy atom. The van der Waals surface area contributed by atoms with E-state index in [4.69, 9.17) is 0 Å². The van der Waals surface area contributed by atoms with E-state index in [0.717, 1.165) is 11.4 Å². The first kappa shape index (κ1) is 15.9. The van der Waals surface area contributed by atoms with E-state index in [2.05, 4.69) is 20.4 Å². The average molecular weight is 324 g/mol. The molecule has 0 bridgehead atoms. The maximum atomic E-state index is 12.5. The summed E-state index contributed by atoms with van der Waals surface area (Å²) in [5, 5.41) is 7.42. The van der Waals surface area contributed by atoms with Crippen molar-refractivity contribution in [2.24, 2.45) is 0 Å². The van der Waals surface area contributed by atoms with Crippen LogP contribution in [0.4, 0.5) is 0 Å². The van der Waals surface area contributed by atoms with Crippen molar-refractivity contribution in [2.75, 3.05) is 0 Å². The van der Waals surface area contributed by atoms with Crippen molar-refractivity contribution in [2.45, 2.75) is 33.4 Å². The Kier molecular flexibility index (Phi) is 4.41. The minimum atomic E-state index is -0.132. The summed E-state index contributed by atoms with van der Waals surface area (Å²) in [6.45, 7) is 6.56. The molecule has 0 aliphatic rings. The topological polar surface area (TPSA) is 77.6 Å². The highest BCUT2D eigenvalue weighted by atomic mass is 16.1. The Balaban J connectivity index is 1.68. The van der Waals surface area contributed by atoms with Gasteiger partial charge in [0.15, 0.2) is 0 Å². The van der Waals surface area contributed by atoms with Gasteiger partial charge in [-0.05, 0) is 39.0 Å². The number of amides is 1. The van der Waals surface area contributed by atoms with E-state index >= 15 is 0 Å². The number of imidazole rings is 1. The van der Waals surface area contributed by atoms with Crippen molar-refractivity contribution in [1.82, 2.24) is 29.6 Å². The summed E-state index contributed by atoms with van der Waals surface area (Å²) in [7, 11) is 0. The van der Waals surface area contributed by atoms with E-state index in [1.54, 1.807) is 41.6 Å². The van der Waals surface area contributed by atoms with Gasteiger partial charge in [0.2, 0.25) is 0 Å². The first-order valence-electron chi connectivity index (χ1n) is 7.79. The Labute approximate surface area is 140 Å². The summed E-state index contributed by atoms with van der Waals surface area (Å²) in [5.74, 6) is 0.527. The summed E-state index contributed by atoms with van der Waals surface area (Å²) in [4.78, 5) is 20.7. The number of nitrogens with zero attached hydrogens (tertiary/aromatic N) is 5. The van der Waals surface area contributed by atoms with Crippen LogP contribution in [0.5, 0.6) is 0 Å². The van der Waals surface area contributed by atoms with E-state index < -0.39 is 0 Å². The fourth-order valence-corrected chi connectivity index (χ4v) is 2.57. The van der Waals surface area contributed by atoms with E-state index in [1.807, 2.05) is 31.5 Å². The second kappa shape index (κ2) is 6.66. The van der Waals surface area contributed by atoms with Crippen LogP contribution in [0.15, 0.2) is 43.1 Å². The lowest BCUT2D eigenvalue weighted by atomic mass is 10.2. The first-order chi connectivity index (χ1) is 11.5. The summed E-state index contributed by atoms with van der Waals surface area (Å²) >= 11 is 0. The van der Waals surface area contributed by atoms with Gasteiger partial charge in [-0.25, -0.2) is 9.97 Å². The number of aryl methyl sites for hydroxylation is 2. The number of hydrogen-bond acceptors (Lipinski definition) is 4. The highest BCUT2D eigenvalue weighted by Crippen LogP contribution is 2.08. The molecule has 0 fully saturated rings. The second-order valence-electron chi connectivity index (χ2n) is 5.86. The maximum Gasteiger partial charge on any atom is 0.251 e. The Bertz CT molecular complexity index is 837. The van der Waals surface area contributed by atoms with Gasteiger partial charge in [-0.1, -0.05) is 0 Å². The molecule has 3 rings (SSSR count). The number of carbonyl (C=O) groups is 1. The van der Waals surface area contributed by atoms with Gasteiger partial charge in [-0.3, -0.25) is 14.0 Å². The molecule has 0 spiro atoms. The van der Waals surface area contributed by atoms with Crippen LogP contribution in [0.2, 0.25) is 0 Å². The molecule has 3 aromatic heterocycles. The summed E-state index contributed by atoms with van der Waals surface area (Å²) in [6, 6.07) is 5.42. The Morgan fingerprint density at radius 2 is 2.12 bits per heavy atom. The lowest BCUT2D eigenvalue weighted by Gasteiger charge is -2.15. The predicted octanol–water partition coefficient (Wildman–Crippen LogP) is 1.90. The zero-order valence-electron chi connectivity index (χ0n) is 14.0. The lowest BCUT2D eigenvalue weighted by Crippen LogP contribution is -2.36. The molecule has 7 heteroatoms. The third kappa shape index (κ3) is 3.51. The van der Waals surface area contributed by atoms with Crippen LogP contribution < -0.4 is 5.32 Å². The molecule has 124 valence electrons. The largest absolute Gasteiger partial charge is 0.348 e. The van der Waals surface area contributed by atoms with Gasteiger partial charge in [0.05, 0.1) is 12.2 Å². The minimum Gasteiger partial charge on any atom is -0.348 e. The molecule has 3 aromatic rings. The van der Waals surface area contributed by atoms with Crippen LogP contribution in [0.25, 0.3) is 5.82 Å². The summed E-state index contributed by atoms with van der Waals surface area (Å²) < 4.78 is 3.67. The number of pyridine rings is 1. The molecule has 3 heterocycles. The van der Waals surface area contributed by atoms with Crippen molar-refractivity contribution >= 4 is 5.91 Å². The van der Waals surface area contributed by atoms with Crippen molar-refractivity contribution in [1.29, 1.82) is 0 Å². The van der Waals surface area contributed by atoms with Crippen LogP contribution in [-0.4, -0.2) is 36.3 Å². The average Bonchev–Trinajstić information content (AvgIpc) is 3.18. The number of aromatic nitrogens is 5. The third-order valence-corrected chi connectivity index (χ3v) is 3.70. The normalized spacial score (nSPS) is 12.1. The number of carbonyl (C=O) groups excluding carboxylic acids is 1. The molecule has 7 nitrogen and oxygen atoms in total. The van der Waals surface area contributed by atoms with Gasteiger partial charge in [0.25, 0.3) is 5.91 Å². The maximum absolute atomic E-state index is 12.5. The van der Waals surface area contributed by atoms with Gasteiger partial charge >= 0.3 is 0 Å². The van der Waals surface area contributed by atoms with Crippen LogP contribution >= 0.6 is 0 Å². The van der Waals surface area contributed by atoms with Crippen LogP contribution in [0.1, 0.15) is 28.7 Å². The molecule has 0 aliphatic heterocycles. The second-order valence-corrected chi connectivity index (χ2v) is 5.86. The van der Waals surface area contributed by atoms with Gasteiger partial charge in [-0.15, -0.1) is 0 Å². The molecular weight excluding hydrogens is 304 g/mol. The predicted molar refractivity (Wildman–Crippen MR) is 90.0 cm³/mol. The van der Waals surface area contributed by atoms with E-state index in [0.29, 0.717) is 17.9 Å². The van der Waals surface area contributed by atoms with Crippen molar-refractivity contribution < 1.29 is 4.79 Å². The summed E-state index contributed by atoms with van der Waals surface area (Å²) in [5.41, 5.74) is 2.62. The number of rotatable bonds is 5. The molecule has 1 amide bonds. The third-order valence-electron chi connectivity index (χ3n) is 3.70. The zero-order valence-corrected chi connectivity index (χ0v) is 14.0. The quantitative estimate of drug-likeness (QED) is 0.777. The van der Waals surface area contributed by atoms with E-state index in [9.17, 15) is 4.79 Å². The zero-order chi connectivity index (χ0) is 17.1. The number of nitrogens with one attached hydrogen (secondary N) is 1. The highest BCUT2D eigenvalue weighted by molar-refractivity contribution is 5.94. The van der Waals surface area contributed by atoms with Gasteiger partial charge < -0.3 is 5.32 Å².